The molecule has 1 aliphatic rings. The van der Waals surface area contributed by atoms with E-state index in [0.717, 1.165) is 23.5 Å². The number of aromatic nitrogens is 2. The lowest BCUT2D eigenvalue weighted by Gasteiger charge is -2.29. The fourth-order valence-electron chi connectivity index (χ4n) is 3.50. The fourth-order valence-corrected chi connectivity index (χ4v) is 3.50. The third-order valence-electron chi connectivity index (χ3n) is 5.07. The van der Waals surface area contributed by atoms with Crippen LogP contribution in [0.2, 0.25) is 0 Å². The van der Waals surface area contributed by atoms with Crippen LogP contribution in [-0.4, -0.2) is 41.9 Å². The average Bonchev–Trinajstić information content (AvgIpc) is 3.32. The maximum absolute atomic E-state index is 13.2. The van der Waals surface area contributed by atoms with Crippen molar-refractivity contribution < 1.29 is 22.7 Å². The molecular formula is C22H22F3N5O2. The van der Waals surface area contributed by atoms with Gasteiger partial charge in [0.15, 0.2) is 0 Å². The zero-order valence-corrected chi connectivity index (χ0v) is 17.1. The van der Waals surface area contributed by atoms with E-state index in [1.54, 1.807) is 41.4 Å². The quantitative estimate of drug-likeness (QED) is 0.622. The van der Waals surface area contributed by atoms with Gasteiger partial charge in [0, 0.05) is 43.8 Å². The van der Waals surface area contributed by atoms with Crippen molar-refractivity contribution in [3.8, 4) is 5.69 Å². The van der Waals surface area contributed by atoms with E-state index in [4.69, 9.17) is 4.74 Å². The molecule has 0 aliphatic carbocycles. The second kappa shape index (κ2) is 9.31. The van der Waals surface area contributed by atoms with Crippen molar-refractivity contribution in [1.82, 2.24) is 14.9 Å². The number of hydrogen-bond acceptors (Lipinski definition) is 4. The Morgan fingerprint density at radius 1 is 1.09 bits per heavy atom. The van der Waals surface area contributed by atoms with E-state index in [1.165, 1.54) is 6.07 Å². The average molecular weight is 445 g/mol. The first-order valence-electron chi connectivity index (χ1n) is 10.1. The van der Waals surface area contributed by atoms with Gasteiger partial charge in [-0.25, -0.2) is 9.78 Å². The number of carbonyl (C=O) groups is 1. The Morgan fingerprint density at radius 2 is 1.84 bits per heavy atom. The molecule has 4 rings (SSSR count). The predicted molar refractivity (Wildman–Crippen MR) is 114 cm³/mol. The summed E-state index contributed by atoms with van der Waals surface area (Å²) < 4.78 is 46.6. The summed E-state index contributed by atoms with van der Waals surface area (Å²) in [5, 5.41) is 5.27. The van der Waals surface area contributed by atoms with Crippen LogP contribution in [0.15, 0.2) is 61.1 Å². The van der Waals surface area contributed by atoms with Crippen LogP contribution in [-0.2, 0) is 17.5 Å². The number of ether oxygens (including phenoxy) is 1. The molecule has 0 atom stereocenters. The molecule has 32 heavy (non-hydrogen) atoms. The van der Waals surface area contributed by atoms with E-state index in [-0.39, 0.29) is 12.2 Å². The number of pyridine rings is 1. The summed E-state index contributed by atoms with van der Waals surface area (Å²) in [5.41, 5.74) is 0.437. The number of anilines is 2. The number of urea groups is 1. The van der Waals surface area contributed by atoms with Crippen LogP contribution in [0.4, 0.5) is 29.5 Å². The number of hydrogen-bond donors (Lipinski definition) is 2. The van der Waals surface area contributed by atoms with Gasteiger partial charge in [0.1, 0.15) is 5.82 Å². The number of morpholine rings is 1. The van der Waals surface area contributed by atoms with Gasteiger partial charge >= 0.3 is 12.2 Å². The van der Waals surface area contributed by atoms with E-state index in [9.17, 15) is 18.0 Å². The maximum Gasteiger partial charge on any atom is 0.416 e. The van der Waals surface area contributed by atoms with Gasteiger partial charge in [-0.3, -0.25) is 0 Å². The molecule has 10 heteroatoms. The zero-order valence-electron chi connectivity index (χ0n) is 17.1. The number of rotatable bonds is 5. The lowest BCUT2D eigenvalue weighted by Crippen LogP contribution is -2.38. The van der Waals surface area contributed by atoms with Crippen molar-refractivity contribution in [2.24, 2.45) is 0 Å². The molecule has 3 heterocycles. The van der Waals surface area contributed by atoms with Gasteiger partial charge in [-0.15, -0.1) is 0 Å². The molecule has 1 aromatic carbocycles. The normalized spacial score (nSPS) is 14.3. The number of benzene rings is 1. The Balaban J connectivity index is 1.50. The minimum atomic E-state index is -4.52. The number of amides is 2. The molecule has 7 nitrogen and oxygen atoms in total. The third-order valence-corrected chi connectivity index (χ3v) is 5.07. The van der Waals surface area contributed by atoms with Crippen LogP contribution in [0.25, 0.3) is 5.69 Å². The third kappa shape index (κ3) is 5.02. The first-order chi connectivity index (χ1) is 15.4. The van der Waals surface area contributed by atoms with Crippen LogP contribution in [0.3, 0.4) is 0 Å². The van der Waals surface area contributed by atoms with Gasteiger partial charge in [-0.1, -0.05) is 6.07 Å². The van der Waals surface area contributed by atoms with E-state index >= 15 is 0 Å². The topological polar surface area (TPSA) is 71.4 Å². The van der Waals surface area contributed by atoms with Crippen LogP contribution in [0.5, 0.6) is 0 Å². The van der Waals surface area contributed by atoms with Gasteiger partial charge in [-0.2, -0.15) is 13.2 Å². The SMILES string of the molecule is O=C(NCc1cccnc1N1CCOCC1)Nc1cc(C(F)(F)F)ccc1-n1cccc1. The molecule has 168 valence electrons. The summed E-state index contributed by atoms with van der Waals surface area (Å²) in [6.07, 6.45) is 0.539. The highest BCUT2D eigenvalue weighted by Gasteiger charge is 2.31. The molecular weight excluding hydrogens is 423 g/mol. The molecule has 3 aromatic rings. The molecule has 2 N–H and O–H groups in total. The molecule has 0 bridgehead atoms. The summed E-state index contributed by atoms with van der Waals surface area (Å²) in [4.78, 5) is 19.1. The minimum absolute atomic E-state index is 0.0492. The van der Waals surface area contributed by atoms with Crippen molar-refractivity contribution in [2.75, 3.05) is 36.5 Å². The highest BCUT2D eigenvalue weighted by molar-refractivity contribution is 5.91. The number of nitrogens with one attached hydrogen (secondary N) is 2. The molecule has 2 amide bonds. The van der Waals surface area contributed by atoms with E-state index in [2.05, 4.69) is 20.5 Å². The summed E-state index contributed by atoms with van der Waals surface area (Å²) in [7, 11) is 0. The molecule has 0 spiro atoms. The lowest BCUT2D eigenvalue weighted by molar-refractivity contribution is -0.137. The standard InChI is InChI=1S/C22H22F3N5O2/c23-22(24,25)17-5-6-19(29-8-1-2-9-29)18(14-17)28-21(31)27-15-16-4-3-7-26-20(16)30-10-12-32-13-11-30/h1-9,14H,10-13,15H2,(H2,27,28,31). The second-order valence-electron chi connectivity index (χ2n) is 7.21. The van der Waals surface area contributed by atoms with Crippen molar-refractivity contribution in [2.45, 2.75) is 12.7 Å². The Kier molecular flexibility index (Phi) is 6.31. The first-order valence-corrected chi connectivity index (χ1v) is 10.1. The van der Waals surface area contributed by atoms with Gasteiger partial charge in [-0.05, 0) is 36.4 Å². The van der Waals surface area contributed by atoms with E-state index in [1.807, 2.05) is 6.07 Å². The number of carbonyl (C=O) groups excluding carboxylic acids is 1. The van der Waals surface area contributed by atoms with Gasteiger partial charge < -0.3 is 24.8 Å². The Hall–Kier alpha value is -3.53. The summed E-state index contributed by atoms with van der Waals surface area (Å²) in [6, 6.07) is 9.75. The van der Waals surface area contributed by atoms with Crippen molar-refractivity contribution in [3.05, 3.63) is 72.2 Å². The largest absolute Gasteiger partial charge is 0.416 e. The number of nitrogens with zero attached hydrogens (tertiary/aromatic N) is 3. The Morgan fingerprint density at radius 3 is 2.56 bits per heavy atom. The van der Waals surface area contributed by atoms with Crippen LogP contribution in [0.1, 0.15) is 11.1 Å². The second-order valence-corrected chi connectivity index (χ2v) is 7.21. The first kappa shape index (κ1) is 21.7. The van der Waals surface area contributed by atoms with Crippen molar-refractivity contribution >= 4 is 17.5 Å². The zero-order chi connectivity index (χ0) is 22.6. The molecule has 1 fully saturated rings. The Labute approximate surface area is 182 Å². The monoisotopic (exact) mass is 445 g/mol. The molecule has 1 aliphatic heterocycles. The van der Waals surface area contributed by atoms with E-state index < -0.39 is 17.8 Å². The highest BCUT2D eigenvalue weighted by Crippen LogP contribution is 2.33. The maximum atomic E-state index is 13.2. The van der Waals surface area contributed by atoms with Crippen molar-refractivity contribution in [3.63, 3.8) is 0 Å². The Bertz CT molecular complexity index is 1060. The smallest absolute Gasteiger partial charge is 0.378 e. The molecule has 0 saturated carbocycles. The predicted octanol–water partition coefficient (Wildman–Crippen LogP) is 4.05. The molecule has 0 unspecified atom stereocenters. The van der Waals surface area contributed by atoms with Gasteiger partial charge in [0.05, 0.1) is 30.2 Å². The highest BCUT2D eigenvalue weighted by atomic mass is 19.4. The summed E-state index contributed by atoms with van der Waals surface area (Å²) in [5.74, 6) is 0.753. The molecule has 2 aromatic heterocycles. The molecule has 1 saturated heterocycles. The fraction of sp³-hybridized carbons (Fsp3) is 0.273. The van der Waals surface area contributed by atoms with Gasteiger partial charge in [0.25, 0.3) is 0 Å². The lowest BCUT2D eigenvalue weighted by atomic mass is 10.1. The van der Waals surface area contributed by atoms with Crippen LogP contribution < -0.4 is 15.5 Å². The number of halogens is 3. The number of alkyl halides is 3. The summed E-state index contributed by atoms with van der Waals surface area (Å²) in [6.45, 7) is 2.76. The molecule has 0 radical (unpaired) electrons. The summed E-state index contributed by atoms with van der Waals surface area (Å²) >= 11 is 0. The minimum Gasteiger partial charge on any atom is -0.378 e. The van der Waals surface area contributed by atoms with E-state index in [0.29, 0.717) is 32.0 Å². The van der Waals surface area contributed by atoms with Crippen LogP contribution in [0, 0.1) is 0 Å². The van der Waals surface area contributed by atoms with Crippen molar-refractivity contribution in [1.29, 1.82) is 0 Å². The van der Waals surface area contributed by atoms with Gasteiger partial charge in [0.2, 0.25) is 0 Å². The van der Waals surface area contributed by atoms with Crippen LogP contribution >= 0.6 is 0 Å².